The van der Waals surface area contributed by atoms with Crippen LogP contribution in [0.15, 0.2) is 35.8 Å². The van der Waals surface area contributed by atoms with E-state index >= 15 is 0 Å². The Hall–Kier alpha value is -3.54. The predicted octanol–water partition coefficient (Wildman–Crippen LogP) is 2.99. The molecule has 0 unspecified atom stereocenters. The number of likely N-dealkylation sites (N-methyl/N-ethyl adjacent to an activating group) is 1. The number of aromatic nitrogens is 5. The lowest BCUT2D eigenvalue weighted by Crippen LogP contribution is -2.35. The first kappa shape index (κ1) is 24.6. The molecule has 0 atom stereocenters. The van der Waals surface area contributed by atoms with E-state index < -0.39 is 11.9 Å². The summed E-state index contributed by atoms with van der Waals surface area (Å²) in [6.07, 6.45) is 3.23. The van der Waals surface area contributed by atoms with Gasteiger partial charge in [-0.2, -0.15) is 13.2 Å². The molecule has 4 rings (SSSR count). The highest BCUT2D eigenvalue weighted by Gasteiger charge is 2.33. The minimum Gasteiger partial charge on any atom is -0.383 e. The molecule has 3 N–H and O–H groups in total. The molecule has 9 nitrogen and oxygen atoms in total. The van der Waals surface area contributed by atoms with Crippen molar-refractivity contribution in [2.45, 2.75) is 31.5 Å². The highest BCUT2D eigenvalue weighted by Crippen LogP contribution is 2.34. The van der Waals surface area contributed by atoms with Crippen molar-refractivity contribution >= 4 is 17.9 Å². The quantitative estimate of drug-likeness (QED) is 0.493. The molecule has 3 aromatic rings. The Morgan fingerprint density at radius 3 is 2.69 bits per heavy atom. The molecule has 0 bridgehead atoms. The van der Waals surface area contributed by atoms with E-state index in [-0.39, 0.29) is 5.92 Å². The fraction of sp³-hybridized carbons (Fsp3) is 0.435. The maximum atomic E-state index is 13.2. The van der Waals surface area contributed by atoms with Crippen molar-refractivity contribution in [1.29, 1.82) is 0 Å². The van der Waals surface area contributed by atoms with E-state index in [0.717, 1.165) is 43.6 Å². The number of hydrogen-bond acceptors (Lipinski definition) is 8. The first-order chi connectivity index (χ1) is 16.8. The van der Waals surface area contributed by atoms with E-state index in [4.69, 9.17) is 10.7 Å². The number of hydrogen-bond donors (Lipinski definition) is 2. The van der Waals surface area contributed by atoms with Gasteiger partial charge < -0.3 is 20.5 Å². The topological polar surface area (TPSA) is 110 Å². The molecule has 1 aliphatic rings. The van der Waals surface area contributed by atoms with Gasteiger partial charge in [0.1, 0.15) is 29.5 Å². The second-order valence-corrected chi connectivity index (χ2v) is 8.35. The second-order valence-electron chi connectivity index (χ2n) is 8.35. The molecule has 35 heavy (non-hydrogen) atoms. The second kappa shape index (κ2) is 10.4. The zero-order chi connectivity index (χ0) is 25.0. The zero-order valence-electron chi connectivity index (χ0n) is 19.6. The van der Waals surface area contributed by atoms with E-state index in [9.17, 15) is 13.2 Å². The molecule has 0 saturated carbocycles. The summed E-state index contributed by atoms with van der Waals surface area (Å²) in [5.74, 6) is 2.16. The van der Waals surface area contributed by atoms with Gasteiger partial charge in [-0.3, -0.25) is 9.98 Å². The average molecular weight is 488 g/mol. The van der Waals surface area contributed by atoms with Crippen LogP contribution in [0.1, 0.15) is 35.8 Å². The molecule has 1 aliphatic heterocycles. The van der Waals surface area contributed by atoms with E-state index in [1.54, 1.807) is 19.3 Å². The van der Waals surface area contributed by atoms with Gasteiger partial charge in [-0.15, -0.1) is 0 Å². The van der Waals surface area contributed by atoms with Gasteiger partial charge >= 0.3 is 6.18 Å². The molecule has 1 saturated heterocycles. The van der Waals surface area contributed by atoms with Crippen LogP contribution in [0.4, 0.5) is 24.8 Å². The largest absolute Gasteiger partial charge is 0.433 e. The third-order valence-corrected chi connectivity index (χ3v) is 6.07. The number of aliphatic imine (C=N–C) groups is 1. The lowest BCUT2D eigenvalue weighted by molar-refractivity contribution is -0.141. The summed E-state index contributed by atoms with van der Waals surface area (Å²) >= 11 is 0. The van der Waals surface area contributed by atoms with Crippen LogP contribution < -0.4 is 16.0 Å². The van der Waals surface area contributed by atoms with Crippen molar-refractivity contribution in [3.63, 3.8) is 0 Å². The van der Waals surface area contributed by atoms with Gasteiger partial charge in [0.15, 0.2) is 0 Å². The van der Waals surface area contributed by atoms with Crippen molar-refractivity contribution in [1.82, 2.24) is 29.8 Å². The summed E-state index contributed by atoms with van der Waals surface area (Å²) in [5.41, 5.74) is 6.71. The van der Waals surface area contributed by atoms with Gasteiger partial charge in [0.2, 0.25) is 0 Å². The van der Waals surface area contributed by atoms with Crippen LogP contribution in [0.25, 0.3) is 11.3 Å². The van der Waals surface area contributed by atoms with Gasteiger partial charge in [-0.25, -0.2) is 15.0 Å². The Morgan fingerprint density at radius 2 is 2.00 bits per heavy atom. The van der Waals surface area contributed by atoms with Gasteiger partial charge in [0.05, 0.1) is 11.3 Å². The third-order valence-electron chi connectivity index (χ3n) is 6.07. The molecule has 0 aromatic carbocycles. The van der Waals surface area contributed by atoms with Crippen LogP contribution in [-0.4, -0.2) is 64.4 Å². The van der Waals surface area contributed by atoms with Crippen molar-refractivity contribution in [2.24, 2.45) is 4.99 Å². The SMILES string of the molecule is C/N=C/c1c(N)ncnc1N1CCC(c2nc(-c3ccnc(C(F)(F)F)c3)cn2CCNC)CC1. The van der Waals surface area contributed by atoms with Gasteiger partial charge in [-0.05, 0) is 32.0 Å². The molecule has 3 aromatic heterocycles. The molecule has 186 valence electrons. The number of nitrogens with zero attached hydrogens (tertiary/aromatic N) is 7. The average Bonchev–Trinajstić information content (AvgIpc) is 3.28. The van der Waals surface area contributed by atoms with Crippen molar-refractivity contribution in [3.8, 4) is 11.3 Å². The first-order valence-corrected chi connectivity index (χ1v) is 11.3. The standard InChI is InChI=1S/C23H28F3N9/c1-28-7-10-35-13-18(16-3-6-30-19(11-16)23(24,25)26)33-21(35)15-4-8-34(9-5-15)22-17(12-29-2)20(27)31-14-32-22/h3,6,11-15,28H,4-5,7-10H2,1-2H3,(H2,27,31,32)/b29-12+. The highest BCUT2D eigenvalue weighted by atomic mass is 19.4. The summed E-state index contributed by atoms with van der Waals surface area (Å²) in [7, 11) is 3.53. The van der Waals surface area contributed by atoms with Crippen molar-refractivity contribution in [3.05, 3.63) is 47.9 Å². The fourth-order valence-corrected chi connectivity index (χ4v) is 4.31. The molecular weight excluding hydrogens is 459 g/mol. The Bertz CT molecular complexity index is 1180. The molecule has 4 heterocycles. The number of pyridine rings is 1. The van der Waals surface area contributed by atoms with Crippen molar-refractivity contribution < 1.29 is 13.2 Å². The molecular formula is C23H28F3N9. The number of nitrogen functional groups attached to an aromatic ring is 1. The minimum absolute atomic E-state index is 0.156. The summed E-state index contributed by atoms with van der Waals surface area (Å²) < 4.78 is 41.6. The van der Waals surface area contributed by atoms with E-state index in [1.807, 2.05) is 17.8 Å². The molecule has 0 spiro atoms. The molecule has 0 aliphatic carbocycles. The van der Waals surface area contributed by atoms with Crippen LogP contribution in [0.5, 0.6) is 0 Å². The molecule has 1 fully saturated rings. The lowest BCUT2D eigenvalue weighted by Gasteiger charge is -2.33. The molecule has 0 radical (unpaired) electrons. The van der Waals surface area contributed by atoms with Crippen LogP contribution in [-0.2, 0) is 12.7 Å². The minimum atomic E-state index is -4.51. The number of imidazole rings is 1. The van der Waals surface area contributed by atoms with Gasteiger partial charge in [0.25, 0.3) is 0 Å². The van der Waals surface area contributed by atoms with Crippen LogP contribution in [0, 0.1) is 0 Å². The Morgan fingerprint density at radius 1 is 1.23 bits per heavy atom. The number of piperidine rings is 1. The smallest absolute Gasteiger partial charge is 0.383 e. The predicted molar refractivity (Wildman–Crippen MR) is 129 cm³/mol. The molecule has 12 heteroatoms. The number of nitrogens with one attached hydrogen (secondary N) is 1. The van der Waals surface area contributed by atoms with Crippen LogP contribution in [0.3, 0.4) is 0 Å². The number of anilines is 2. The van der Waals surface area contributed by atoms with Gasteiger partial charge in [0, 0.05) is 63.3 Å². The summed E-state index contributed by atoms with van der Waals surface area (Å²) in [4.78, 5) is 23.0. The number of nitrogens with two attached hydrogens (primary N) is 1. The summed E-state index contributed by atoms with van der Waals surface area (Å²) in [6.45, 7) is 2.84. The normalized spacial score (nSPS) is 15.3. The first-order valence-electron chi connectivity index (χ1n) is 11.3. The number of alkyl halides is 3. The Kier molecular flexibility index (Phi) is 7.29. The van der Waals surface area contributed by atoms with Crippen LogP contribution in [0.2, 0.25) is 0 Å². The number of halogens is 3. The number of rotatable bonds is 7. The van der Waals surface area contributed by atoms with E-state index in [1.165, 1.54) is 12.5 Å². The highest BCUT2D eigenvalue weighted by molar-refractivity contribution is 5.91. The zero-order valence-corrected chi connectivity index (χ0v) is 19.6. The lowest BCUT2D eigenvalue weighted by atomic mass is 9.95. The van der Waals surface area contributed by atoms with Crippen molar-refractivity contribution in [2.75, 3.05) is 44.4 Å². The van der Waals surface area contributed by atoms with E-state index in [0.29, 0.717) is 35.7 Å². The van der Waals surface area contributed by atoms with Gasteiger partial charge in [-0.1, -0.05) is 0 Å². The van der Waals surface area contributed by atoms with E-state index in [2.05, 4.69) is 30.2 Å². The Balaban J connectivity index is 1.58. The van der Waals surface area contributed by atoms with Crippen LogP contribution >= 0.6 is 0 Å². The third kappa shape index (κ3) is 5.42. The Labute approximate surface area is 201 Å². The molecule has 0 amide bonds. The maximum absolute atomic E-state index is 13.2. The fourth-order valence-electron chi connectivity index (χ4n) is 4.31. The maximum Gasteiger partial charge on any atom is 0.433 e. The monoisotopic (exact) mass is 487 g/mol. The summed E-state index contributed by atoms with van der Waals surface area (Å²) in [5, 5.41) is 3.12. The summed E-state index contributed by atoms with van der Waals surface area (Å²) in [6, 6.07) is 2.61.